The molecule has 0 fully saturated rings. The van der Waals surface area contributed by atoms with Gasteiger partial charge in [0.2, 0.25) is 0 Å². The topological polar surface area (TPSA) is 75.1 Å². The standard InChI is InChI=1S/C19H15Cl2N3O2S/c1-11-8-17(23-16-5-3-2-4-13(16)18(25)26)24-19(22-11)27-10-12-6-7-14(20)15(21)9-12/h2-9H,10H2,1H3,(H,25,26)(H,22,23,24). The molecule has 27 heavy (non-hydrogen) atoms. The molecule has 3 aromatic rings. The molecule has 1 aromatic heterocycles. The lowest BCUT2D eigenvalue weighted by molar-refractivity contribution is 0.0698. The summed E-state index contributed by atoms with van der Waals surface area (Å²) in [6, 6.07) is 13.9. The summed E-state index contributed by atoms with van der Waals surface area (Å²) in [5.74, 6) is 0.164. The molecule has 0 aliphatic carbocycles. The number of hydrogen-bond acceptors (Lipinski definition) is 5. The maximum absolute atomic E-state index is 11.4. The van der Waals surface area contributed by atoms with E-state index in [4.69, 9.17) is 23.2 Å². The SMILES string of the molecule is Cc1cc(Nc2ccccc2C(=O)O)nc(SCc2ccc(Cl)c(Cl)c2)n1. The van der Waals surface area contributed by atoms with Gasteiger partial charge in [-0.25, -0.2) is 14.8 Å². The van der Waals surface area contributed by atoms with Crippen molar-refractivity contribution in [2.75, 3.05) is 5.32 Å². The molecule has 0 radical (unpaired) electrons. The molecule has 0 bridgehead atoms. The summed E-state index contributed by atoms with van der Waals surface area (Å²) < 4.78 is 0. The highest BCUT2D eigenvalue weighted by molar-refractivity contribution is 7.98. The van der Waals surface area contributed by atoms with Gasteiger partial charge in [0.1, 0.15) is 5.82 Å². The second-order valence-corrected chi connectivity index (χ2v) is 7.45. The Bertz CT molecular complexity index is 998. The third kappa shape index (κ3) is 5.13. The maximum atomic E-state index is 11.4. The van der Waals surface area contributed by atoms with E-state index in [2.05, 4.69) is 15.3 Å². The fourth-order valence-corrected chi connectivity index (χ4v) is 3.53. The molecular formula is C19H15Cl2N3O2S. The first-order chi connectivity index (χ1) is 12.9. The van der Waals surface area contributed by atoms with Crippen LogP contribution in [0.4, 0.5) is 11.5 Å². The van der Waals surface area contributed by atoms with Crippen molar-refractivity contribution in [2.24, 2.45) is 0 Å². The Balaban J connectivity index is 1.78. The van der Waals surface area contributed by atoms with Gasteiger partial charge < -0.3 is 10.4 Å². The number of anilines is 2. The average molecular weight is 420 g/mol. The Morgan fingerprint density at radius 3 is 2.63 bits per heavy atom. The van der Waals surface area contributed by atoms with E-state index in [1.165, 1.54) is 11.8 Å². The number of rotatable bonds is 6. The summed E-state index contributed by atoms with van der Waals surface area (Å²) in [6.07, 6.45) is 0. The van der Waals surface area contributed by atoms with E-state index in [1.807, 2.05) is 19.1 Å². The maximum Gasteiger partial charge on any atom is 0.337 e. The van der Waals surface area contributed by atoms with Crippen LogP contribution < -0.4 is 5.32 Å². The zero-order valence-corrected chi connectivity index (χ0v) is 16.6. The number of thioether (sulfide) groups is 1. The molecule has 0 unspecified atom stereocenters. The highest BCUT2D eigenvalue weighted by Crippen LogP contribution is 2.27. The van der Waals surface area contributed by atoms with E-state index in [-0.39, 0.29) is 5.56 Å². The van der Waals surface area contributed by atoms with Crippen LogP contribution in [0.15, 0.2) is 53.7 Å². The van der Waals surface area contributed by atoms with Gasteiger partial charge in [-0.1, -0.05) is 53.2 Å². The molecule has 0 saturated heterocycles. The molecule has 3 rings (SSSR count). The fraction of sp³-hybridized carbons (Fsp3) is 0.105. The number of nitrogens with zero attached hydrogens (tertiary/aromatic N) is 2. The van der Waals surface area contributed by atoms with Gasteiger partial charge in [-0.2, -0.15) is 0 Å². The Morgan fingerprint density at radius 2 is 1.89 bits per heavy atom. The molecule has 8 heteroatoms. The Labute approximate surface area is 170 Å². The van der Waals surface area contributed by atoms with Gasteiger partial charge in [-0.05, 0) is 36.8 Å². The van der Waals surface area contributed by atoms with Crippen molar-refractivity contribution in [3.8, 4) is 0 Å². The highest BCUT2D eigenvalue weighted by atomic mass is 35.5. The average Bonchev–Trinajstić information content (AvgIpc) is 2.62. The largest absolute Gasteiger partial charge is 0.478 e. The molecule has 0 saturated carbocycles. The molecule has 1 heterocycles. The molecule has 2 N–H and O–H groups in total. The summed E-state index contributed by atoms with van der Waals surface area (Å²) in [7, 11) is 0. The minimum Gasteiger partial charge on any atom is -0.478 e. The lowest BCUT2D eigenvalue weighted by atomic mass is 10.2. The van der Waals surface area contributed by atoms with Crippen LogP contribution in [0.3, 0.4) is 0 Å². The van der Waals surface area contributed by atoms with Crippen LogP contribution in [0, 0.1) is 6.92 Å². The van der Waals surface area contributed by atoms with Gasteiger partial charge >= 0.3 is 5.97 Å². The number of carboxylic acids is 1. The molecule has 0 aliphatic heterocycles. The van der Waals surface area contributed by atoms with Gasteiger partial charge in [0.05, 0.1) is 21.3 Å². The highest BCUT2D eigenvalue weighted by Gasteiger charge is 2.11. The number of halogens is 2. The fourth-order valence-electron chi connectivity index (χ4n) is 2.36. The number of para-hydroxylation sites is 1. The van der Waals surface area contributed by atoms with Crippen LogP contribution in [0.25, 0.3) is 0 Å². The molecular weight excluding hydrogens is 405 g/mol. The third-order valence-electron chi connectivity index (χ3n) is 3.61. The van der Waals surface area contributed by atoms with Crippen molar-refractivity contribution in [2.45, 2.75) is 17.8 Å². The number of aryl methyl sites for hydroxylation is 1. The first-order valence-corrected chi connectivity index (χ1v) is 9.68. The minimum atomic E-state index is -1.00. The Morgan fingerprint density at radius 1 is 1.11 bits per heavy atom. The van der Waals surface area contributed by atoms with Gasteiger partial charge in [0.25, 0.3) is 0 Å². The lowest BCUT2D eigenvalue weighted by Gasteiger charge is -2.10. The van der Waals surface area contributed by atoms with Crippen molar-refractivity contribution in [3.05, 3.63) is 75.4 Å². The van der Waals surface area contributed by atoms with E-state index in [0.717, 1.165) is 11.3 Å². The number of nitrogens with one attached hydrogen (secondary N) is 1. The van der Waals surface area contributed by atoms with E-state index in [0.29, 0.717) is 32.5 Å². The monoisotopic (exact) mass is 419 g/mol. The summed E-state index contributed by atoms with van der Waals surface area (Å²) >= 11 is 13.4. The summed E-state index contributed by atoms with van der Waals surface area (Å²) in [5.41, 5.74) is 2.43. The van der Waals surface area contributed by atoms with Gasteiger partial charge in [-0.3, -0.25) is 0 Å². The second kappa shape index (κ2) is 8.61. The van der Waals surface area contributed by atoms with E-state index in [1.54, 1.807) is 36.4 Å². The van der Waals surface area contributed by atoms with Crippen LogP contribution in [-0.4, -0.2) is 21.0 Å². The second-order valence-electron chi connectivity index (χ2n) is 5.69. The number of hydrogen-bond donors (Lipinski definition) is 2. The van der Waals surface area contributed by atoms with Crippen LogP contribution in [0.2, 0.25) is 10.0 Å². The van der Waals surface area contributed by atoms with E-state index < -0.39 is 5.97 Å². The van der Waals surface area contributed by atoms with Crippen molar-refractivity contribution < 1.29 is 9.90 Å². The molecule has 0 amide bonds. The number of benzene rings is 2. The first-order valence-electron chi connectivity index (χ1n) is 7.94. The molecule has 5 nitrogen and oxygen atoms in total. The predicted octanol–water partition coefficient (Wildman–Crippen LogP) is 5.83. The minimum absolute atomic E-state index is 0.179. The van der Waals surface area contributed by atoms with Crippen molar-refractivity contribution in [3.63, 3.8) is 0 Å². The molecule has 0 atom stereocenters. The van der Waals surface area contributed by atoms with Crippen LogP contribution >= 0.6 is 35.0 Å². The molecule has 2 aromatic carbocycles. The molecule has 0 spiro atoms. The van der Waals surface area contributed by atoms with Crippen LogP contribution in [0.5, 0.6) is 0 Å². The van der Waals surface area contributed by atoms with Gasteiger partial charge in [-0.15, -0.1) is 0 Å². The summed E-state index contributed by atoms with van der Waals surface area (Å²) in [4.78, 5) is 20.3. The summed E-state index contributed by atoms with van der Waals surface area (Å²) in [5, 5.41) is 14.0. The van der Waals surface area contributed by atoms with E-state index >= 15 is 0 Å². The van der Waals surface area contributed by atoms with Crippen LogP contribution in [-0.2, 0) is 5.75 Å². The van der Waals surface area contributed by atoms with Crippen molar-refractivity contribution >= 4 is 52.4 Å². The van der Waals surface area contributed by atoms with Gasteiger partial charge in [0, 0.05) is 17.5 Å². The quantitative estimate of drug-likeness (QED) is 0.386. The first kappa shape index (κ1) is 19.5. The normalized spacial score (nSPS) is 10.6. The summed E-state index contributed by atoms with van der Waals surface area (Å²) in [6.45, 7) is 1.86. The lowest BCUT2D eigenvalue weighted by Crippen LogP contribution is -2.04. The molecule has 138 valence electrons. The Kier molecular flexibility index (Phi) is 6.21. The predicted molar refractivity (Wildman–Crippen MR) is 109 cm³/mol. The number of carbonyl (C=O) groups is 1. The van der Waals surface area contributed by atoms with Crippen molar-refractivity contribution in [1.82, 2.24) is 9.97 Å². The Hall–Kier alpha value is -2.28. The zero-order chi connectivity index (χ0) is 19.4. The smallest absolute Gasteiger partial charge is 0.337 e. The van der Waals surface area contributed by atoms with Crippen LogP contribution in [0.1, 0.15) is 21.6 Å². The number of aromatic nitrogens is 2. The zero-order valence-electron chi connectivity index (χ0n) is 14.2. The number of carboxylic acid groups (broad SMARTS) is 1. The van der Waals surface area contributed by atoms with Gasteiger partial charge in [0.15, 0.2) is 5.16 Å². The third-order valence-corrected chi connectivity index (χ3v) is 5.26. The molecule has 0 aliphatic rings. The van der Waals surface area contributed by atoms with Crippen molar-refractivity contribution in [1.29, 1.82) is 0 Å². The van der Waals surface area contributed by atoms with E-state index in [9.17, 15) is 9.90 Å². The number of aromatic carboxylic acids is 1.